The molecule has 94 heavy (non-hydrogen) atoms. The van der Waals surface area contributed by atoms with Gasteiger partial charge >= 0.3 is 35.8 Å². The van der Waals surface area contributed by atoms with Gasteiger partial charge in [0.2, 0.25) is 36.2 Å². The van der Waals surface area contributed by atoms with E-state index in [9.17, 15) is 28.8 Å². The minimum atomic E-state index is -1.75. The van der Waals surface area contributed by atoms with Crippen molar-refractivity contribution in [1.29, 1.82) is 0 Å². The van der Waals surface area contributed by atoms with Crippen molar-refractivity contribution in [3.63, 3.8) is 0 Å². The third-order valence-electron chi connectivity index (χ3n) is 24.2. The summed E-state index contributed by atoms with van der Waals surface area (Å²) in [5, 5.41) is 3.63. The van der Waals surface area contributed by atoms with Gasteiger partial charge in [0, 0.05) is 65.0 Å². The monoisotopic (exact) mass is 1340 g/mol. The van der Waals surface area contributed by atoms with Crippen LogP contribution in [-0.4, -0.2) is 133 Å². The molecule has 15 fully saturated rings. The Balaban J connectivity index is 0.668. The molecule has 1 N–H and O–H groups in total. The standard InChI is InChI=1S/C68H94ClNO24/c1-36-11-17-47-39(4)55(83-58-66(47)44(36)26-30-62(8,86-58)89-92-66)80-52(74)22-19-49(71)77-33-65(70-43-15-13-42(69)14-16-43,34-78-50(72)20-23-53(75)81-56-40(5)48-18-12-37(2)45-27-31-63(9)87-59(84-56)67(45,48)93-90-63)35-79-51(73)21-24-54(76)82-57-41(6)61(7)29-25-38(3)46-28-32-64(10)88-60(85-57)68(46,61)94-91-64/h13-16,36-41,44-48,55-60,70H,11-12,17-35H2,1-10H3/t36-,37-,38-,39-,40-,41+,44+,45+,46+,47+,48+,55-,56-,57-,58-,59-,60-,61+,62+,63+,64+,66-,67-,68+/m1/s1. The maximum Gasteiger partial charge on any atom is 0.308 e. The van der Waals surface area contributed by atoms with Crippen molar-refractivity contribution in [2.24, 2.45) is 70.5 Å². The van der Waals surface area contributed by atoms with Gasteiger partial charge in [0.25, 0.3) is 0 Å². The highest BCUT2D eigenvalue weighted by atomic mass is 35.5. The molecule has 1 aromatic rings. The second-order valence-corrected chi connectivity index (χ2v) is 30.8. The number of rotatable bonds is 20. The predicted molar refractivity (Wildman–Crippen MR) is 322 cm³/mol. The molecule has 3 saturated carbocycles. The number of fused-ring (bicyclic) bond motifs is 6. The average molecular weight is 1340 g/mol. The molecule has 1 aromatic carbocycles. The van der Waals surface area contributed by atoms with E-state index in [1.807, 2.05) is 27.7 Å². The Labute approximate surface area is 553 Å². The summed E-state index contributed by atoms with van der Waals surface area (Å²) in [4.78, 5) is 120. The van der Waals surface area contributed by atoms with Gasteiger partial charge in [0.1, 0.15) is 25.4 Å². The molecular weight excluding hydrogens is 1250 g/mol. The number of esters is 6. The fraction of sp³-hybridized carbons (Fsp3) is 0.824. The molecule has 6 bridgehead atoms. The van der Waals surface area contributed by atoms with E-state index in [4.69, 9.17) is 97.8 Å². The van der Waals surface area contributed by atoms with E-state index in [1.54, 1.807) is 38.1 Å². The number of benzene rings is 1. The minimum absolute atomic E-state index is 0.0649. The van der Waals surface area contributed by atoms with Gasteiger partial charge in [0.05, 0.1) is 38.5 Å². The molecule has 0 unspecified atom stereocenters. The maximum atomic E-state index is 13.9. The molecule has 0 amide bonds. The van der Waals surface area contributed by atoms with Crippen LogP contribution in [0.1, 0.15) is 185 Å². The number of nitrogens with one attached hydrogen (secondary N) is 1. The third kappa shape index (κ3) is 12.2. The summed E-state index contributed by atoms with van der Waals surface area (Å²) in [6.45, 7) is 18.2. The third-order valence-corrected chi connectivity index (χ3v) is 24.5. The van der Waals surface area contributed by atoms with Crippen molar-refractivity contribution in [3.05, 3.63) is 29.3 Å². The smallest absolute Gasteiger partial charge is 0.308 e. The summed E-state index contributed by atoms with van der Waals surface area (Å²) in [6.07, 6.45) is 1.09. The Bertz CT molecular complexity index is 2920. The van der Waals surface area contributed by atoms with Gasteiger partial charge in [-0.15, -0.1) is 0 Å². The van der Waals surface area contributed by atoms with E-state index in [0.717, 1.165) is 57.8 Å². The van der Waals surface area contributed by atoms with Crippen LogP contribution in [0.3, 0.4) is 0 Å². The summed E-state index contributed by atoms with van der Waals surface area (Å²) >= 11 is 6.32. The SMILES string of the molecule is C[C@H]1[C@H](OC(=O)CCC(=O)OCC(COC(=O)CCC(=O)O[C@@H]2O[C@@H]3O[C@]4(C)CC[C@H]5[C@H](C)CC[C@@H]([C@H]2C)[C@@]35OO4)(COC(=O)CCC(=O)O[C@@H]2O[C@@H]3O[C@]4(C)CC[C@H]5[C@H](C)CC[C@@](C)([C@H]2C)[C@@]35OO4)Nc2ccc(Cl)cc2)O[C@@H]2O[C@]3(C)CC[C@H]4[C@H](C)CC[C@@H]1[C@@]24OO3. The molecule has 12 aliphatic heterocycles. The largest absolute Gasteiger partial charge is 0.463 e. The van der Waals surface area contributed by atoms with Crippen LogP contribution in [0.2, 0.25) is 5.02 Å². The second-order valence-electron chi connectivity index (χ2n) is 30.3. The molecule has 15 aliphatic rings. The summed E-state index contributed by atoms with van der Waals surface area (Å²) in [6, 6.07) is 6.41. The van der Waals surface area contributed by atoms with E-state index < -0.39 is 177 Å². The van der Waals surface area contributed by atoms with Crippen molar-refractivity contribution in [2.45, 2.75) is 262 Å². The molecule has 3 spiro atoms. The van der Waals surface area contributed by atoms with Crippen LogP contribution in [0, 0.1) is 70.5 Å². The number of ether oxygens (including phenoxy) is 12. The van der Waals surface area contributed by atoms with Crippen LogP contribution in [0.5, 0.6) is 0 Å². The zero-order valence-corrected chi connectivity index (χ0v) is 56.4. The van der Waals surface area contributed by atoms with Crippen molar-refractivity contribution < 1.29 is 115 Å². The average Bonchev–Trinajstić information content (AvgIpc) is 1.27. The predicted octanol–water partition coefficient (Wildman–Crippen LogP) is 10.1. The Morgan fingerprint density at radius 1 is 0.457 bits per heavy atom. The lowest BCUT2D eigenvalue weighted by Gasteiger charge is -2.65. The van der Waals surface area contributed by atoms with E-state index in [0.29, 0.717) is 47.7 Å². The summed E-state index contributed by atoms with van der Waals surface area (Å²) in [5.41, 5.74) is -4.65. The first-order chi connectivity index (χ1) is 44.6. The van der Waals surface area contributed by atoms with Gasteiger partial charge < -0.3 is 62.2 Å². The van der Waals surface area contributed by atoms with Crippen LogP contribution >= 0.6 is 11.6 Å². The van der Waals surface area contributed by atoms with Crippen LogP contribution in [0.25, 0.3) is 0 Å². The Morgan fingerprint density at radius 3 is 1.32 bits per heavy atom. The van der Waals surface area contributed by atoms with Gasteiger partial charge in [-0.05, 0) is 138 Å². The normalized spacial score (nSPS) is 45.1. The fourth-order valence-electron chi connectivity index (χ4n) is 18.4. The zero-order valence-electron chi connectivity index (χ0n) is 55.6. The molecule has 24 atom stereocenters. The first kappa shape index (κ1) is 68.2. The number of carbonyl (C=O) groups is 6. The Kier molecular flexibility index (Phi) is 18.7. The van der Waals surface area contributed by atoms with Crippen LogP contribution in [0.4, 0.5) is 5.69 Å². The number of carbonyl (C=O) groups excluding carboxylic acids is 6. The van der Waals surface area contributed by atoms with Crippen molar-refractivity contribution in [1.82, 2.24) is 0 Å². The van der Waals surface area contributed by atoms with Crippen LogP contribution in [-0.2, 0) is 115 Å². The zero-order chi connectivity index (χ0) is 66.5. The molecule has 16 rings (SSSR count). The molecule has 25 nitrogen and oxygen atoms in total. The molecule has 12 heterocycles. The van der Waals surface area contributed by atoms with E-state index in [2.05, 4.69) is 33.0 Å². The first-order valence-corrected chi connectivity index (χ1v) is 34.7. The minimum Gasteiger partial charge on any atom is -0.463 e. The maximum absolute atomic E-state index is 13.9. The molecule has 522 valence electrons. The molecule has 12 saturated heterocycles. The molecule has 0 radical (unpaired) electrons. The number of halogens is 1. The van der Waals surface area contributed by atoms with Crippen molar-refractivity contribution >= 4 is 53.1 Å². The molecule has 0 aromatic heterocycles. The van der Waals surface area contributed by atoms with Gasteiger partial charge in [-0.25, -0.2) is 29.3 Å². The van der Waals surface area contributed by atoms with Crippen LogP contribution in [0.15, 0.2) is 24.3 Å². The van der Waals surface area contributed by atoms with Crippen molar-refractivity contribution in [2.75, 3.05) is 25.1 Å². The van der Waals surface area contributed by atoms with Gasteiger partial charge in [-0.3, -0.25) is 28.8 Å². The summed E-state index contributed by atoms with van der Waals surface area (Å²) < 4.78 is 74.4. The summed E-state index contributed by atoms with van der Waals surface area (Å²) in [7, 11) is 0. The van der Waals surface area contributed by atoms with Crippen molar-refractivity contribution in [3.8, 4) is 0 Å². The van der Waals surface area contributed by atoms with Gasteiger partial charge in [-0.2, -0.15) is 0 Å². The highest BCUT2D eigenvalue weighted by Gasteiger charge is 2.76. The Morgan fingerprint density at radius 2 is 0.851 bits per heavy atom. The second kappa shape index (κ2) is 25.7. The quantitative estimate of drug-likeness (QED) is 0.0721. The lowest BCUT2D eigenvalue weighted by Crippen LogP contribution is -2.74. The van der Waals surface area contributed by atoms with Gasteiger partial charge in [0.15, 0.2) is 35.7 Å². The Hall–Kier alpha value is -4.35. The van der Waals surface area contributed by atoms with E-state index in [-0.39, 0.29) is 47.3 Å². The van der Waals surface area contributed by atoms with E-state index >= 15 is 0 Å². The molecule has 3 aliphatic carbocycles. The van der Waals surface area contributed by atoms with Crippen LogP contribution < -0.4 is 5.32 Å². The topological polar surface area (TPSA) is 281 Å². The lowest BCUT2D eigenvalue weighted by molar-refractivity contribution is -0.586. The number of anilines is 1. The first-order valence-electron chi connectivity index (χ1n) is 34.3. The fourth-order valence-corrected chi connectivity index (χ4v) is 18.6. The molecule has 26 heteroatoms. The highest BCUT2D eigenvalue weighted by Crippen LogP contribution is 2.67. The lowest BCUT2D eigenvalue weighted by atomic mass is 9.50. The molecular formula is C68H94ClNO24. The van der Waals surface area contributed by atoms with E-state index in [1.165, 1.54) is 0 Å². The number of hydrogen-bond acceptors (Lipinski definition) is 25. The highest BCUT2D eigenvalue weighted by molar-refractivity contribution is 6.30. The van der Waals surface area contributed by atoms with Gasteiger partial charge in [-0.1, -0.05) is 60.1 Å². The summed E-state index contributed by atoms with van der Waals surface area (Å²) in [5.74, 6) is -7.92. The number of hydrogen-bond donors (Lipinski definition) is 1.